The molecule has 1 atom stereocenters. The average Bonchev–Trinajstić information content (AvgIpc) is 2.43. The lowest BCUT2D eigenvalue weighted by molar-refractivity contribution is -0.384. The Balaban J connectivity index is 2.49. The third-order valence-electron chi connectivity index (χ3n) is 3.07. The van der Waals surface area contributed by atoms with Crippen molar-refractivity contribution in [2.24, 2.45) is 0 Å². The van der Waals surface area contributed by atoms with Crippen LogP contribution in [0.25, 0.3) is 0 Å². The number of hydrogen-bond acceptors (Lipinski definition) is 4. The van der Waals surface area contributed by atoms with Gasteiger partial charge in [0.2, 0.25) is 0 Å². The van der Waals surface area contributed by atoms with E-state index >= 15 is 0 Å². The van der Waals surface area contributed by atoms with Gasteiger partial charge >= 0.3 is 5.97 Å². The molecule has 0 aliphatic rings. The van der Waals surface area contributed by atoms with Crippen LogP contribution in [-0.2, 0) is 4.74 Å². The van der Waals surface area contributed by atoms with Crippen molar-refractivity contribution in [3.05, 3.63) is 39.9 Å². The van der Waals surface area contributed by atoms with E-state index in [-0.39, 0.29) is 17.4 Å². The predicted molar refractivity (Wildman–Crippen MR) is 76.7 cm³/mol. The molecule has 0 unspecified atom stereocenters. The summed E-state index contributed by atoms with van der Waals surface area (Å²) in [5, 5.41) is 10.7. The molecule has 0 bridgehead atoms. The van der Waals surface area contributed by atoms with Crippen LogP contribution in [0.1, 0.15) is 56.3 Å². The normalized spacial score (nSPS) is 11.9. The lowest BCUT2D eigenvalue weighted by Gasteiger charge is -2.13. The van der Waals surface area contributed by atoms with Crippen molar-refractivity contribution in [2.45, 2.75) is 52.1 Å². The number of nitro groups is 1. The molecule has 0 aromatic heterocycles. The fraction of sp³-hybridized carbons (Fsp3) is 0.533. The summed E-state index contributed by atoms with van der Waals surface area (Å²) in [6.45, 7) is 3.99. The highest BCUT2D eigenvalue weighted by Crippen LogP contribution is 2.15. The van der Waals surface area contributed by atoms with Crippen LogP contribution in [0.5, 0.6) is 0 Å². The second-order valence-corrected chi connectivity index (χ2v) is 4.87. The first-order chi connectivity index (χ1) is 9.54. The van der Waals surface area contributed by atoms with Gasteiger partial charge < -0.3 is 4.74 Å². The van der Waals surface area contributed by atoms with Crippen LogP contribution in [0.3, 0.4) is 0 Å². The number of benzene rings is 1. The van der Waals surface area contributed by atoms with E-state index in [1.807, 2.05) is 6.92 Å². The molecule has 20 heavy (non-hydrogen) atoms. The number of nitrogens with zero attached hydrogens (tertiary/aromatic N) is 1. The third kappa shape index (κ3) is 5.38. The van der Waals surface area contributed by atoms with Gasteiger partial charge in [-0.2, -0.15) is 0 Å². The second kappa shape index (κ2) is 8.30. The molecule has 1 aromatic carbocycles. The summed E-state index contributed by atoms with van der Waals surface area (Å²) in [7, 11) is 0. The zero-order valence-corrected chi connectivity index (χ0v) is 12.0. The van der Waals surface area contributed by atoms with Crippen molar-refractivity contribution in [1.29, 1.82) is 0 Å². The number of rotatable bonds is 8. The smallest absolute Gasteiger partial charge is 0.338 e. The van der Waals surface area contributed by atoms with Gasteiger partial charge in [-0.05, 0) is 25.8 Å². The van der Waals surface area contributed by atoms with Crippen molar-refractivity contribution < 1.29 is 14.5 Å². The number of hydrogen-bond donors (Lipinski definition) is 0. The molecular formula is C15H21NO4. The van der Waals surface area contributed by atoms with Crippen LogP contribution in [0.15, 0.2) is 24.3 Å². The van der Waals surface area contributed by atoms with E-state index < -0.39 is 10.9 Å². The molecule has 5 heteroatoms. The number of carbonyl (C=O) groups excluding carboxylic acids is 1. The van der Waals surface area contributed by atoms with E-state index in [9.17, 15) is 14.9 Å². The lowest BCUT2D eigenvalue weighted by atomic mass is 10.1. The van der Waals surface area contributed by atoms with Crippen LogP contribution in [0, 0.1) is 10.1 Å². The summed E-state index contributed by atoms with van der Waals surface area (Å²) < 4.78 is 5.29. The molecule has 1 rings (SSSR count). The van der Waals surface area contributed by atoms with Crippen LogP contribution in [0.2, 0.25) is 0 Å². The van der Waals surface area contributed by atoms with Crippen molar-refractivity contribution in [3.8, 4) is 0 Å². The van der Waals surface area contributed by atoms with Crippen LogP contribution in [0.4, 0.5) is 5.69 Å². The maximum Gasteiger partial charge on any atom is 0.338 e. The Labute approximate surface area is 119 Å². The molecule has 0 fully saturated rings. The van der Waals surface area contributed by atoms with Crippen molar-refractivity contribution in [2.75, 3.05) is 0 Å². The average molecular weight is 279 g/mol. The Morgan fingerprint density at radius 1 is 1.35 bits per heavy atom. The Bertz CT molecular complexity index is 459. The number of unbranched alkanes of at least 4 members (excludes halogenated alkanes) is 3. The summed E-state index contributed by atoms with van der Waals surface area (Å²) >= 11 is 0. The molecular weight excluding hydrogens is 258 g/mol. The van der Waals surface area contributed by atoms with Crippen molar-refractivity contribution >= 4 is 11.7 Å². The van der Waals surface area contributed by atoms with E-state index in [4.69, 9.17) is 4.74 Å². The van der Waals surface area contributed by atoms with Crippen LogP contribution >= 0.6 is 0 Å². The third-order valence-corrected chi connectivity index (χ3v) is 3.07. The molecule has 0 saturated carbocycles. The second-order valence-electron chi connectivity index (χ2n) is 4.87. The summed E-state index contributed by atoms with van der Waals surface area (Å²) in [4.78, 5) is 22.0. The van der Waals surface area contributed by atoms with E-state index in [1.54, 1.807) is 0 Å². The molecule has 0 aliphatic heterocycles. The molecule has 0 N–H and O–H groups in total. The Hall–Kier alpha value is -1.91. The fourth-order valence-corrected chi connectivity index (χ4v) is 1.91. The first-order valence-electron chi connectivity index (χ1n) is 7.00. The number of non-ortho nitro benzene ring substituents is 1. The molecule has 5 nitrogen and oxygen atoms in total. The van der Waals surface area contributed by atoms with Gasteiger partial charge in [-0.15, -0.1) is 0 Å². The van der Waals surface area contributed by atoms with Crippen molar-refractivity contribution in [1.82, 2.24) is 0 Å². The minimum absolute atomic E-state index is 0.102. The van der Waals surface area contributed by atoms with E-state index in [0.29, 0.717) is 0 Å². The van der Waals surface area contributed by atoms with Gasteiger partial charge in [0.1, 0.15) is 0 Å². The molecule has 110 valence electrons. The monoisotopic (exact) mass is 279 g/mol. The van der Waals surface area contributed by atoms with Gasteiger partial charge in [0.15, 0.2) is 0 Å². The minimum atomic E-state index is -0.523. The fourth-order valence-electron chi connectivity index (χ4n) is 1.91. The minimum Gasteiger partial charge on any atom is -0.459 e. The number of carbonyl (C=O) groups is 1. The highest BCUT2D eigenvalue weighted by Gasteiger charge is 2.15. The van der Waals surface area contributed by atoms with Gasteiger partial charge in [0.05, 0.1) is 16.6 Å². The topological polar surface area (TPSA) is 69.4 Å². The molecule has 1 aromatic rings. The molecule has 0 heterocycles. The highest BCUT2D eigenvalue weighted by molar-refractivity contribution is 5.90. The SMILES string of the molecule is CCCCCC[C@@H](C)OC(=O)c1cccc([N+](=O)[O-])c1. The van der Waals surface area contributed by atoms with Crippen LogP contribution < -0.4 is 0 Å². The summed E-state index contributed by atoms with van der Waals surface area (Å²) in [5.41, 5.74) is 0.120. The van der Waals surface area contributed by atoms with Gasteiger partial charge in [-0.1, -0.05) is 32.3 Å². The Kier molecular flexibility index (Phi) is 6.70. The van der Waals surface area contributed by atoms with Gasteiger partial charge in [0, 0.05) is 12.1 Å². The van der Waals surface area contributed by atoms with Crippen molar-refractivity contribution in [3.63, 3.8) is 0 Å². The molecule has 0 spiro atoms. The van der Waals surface area contributed by atoms with Gasteiger partial charge in [-0.25, -0.2) is 4.79 Å². The molecule has 0 amide bonds. The summed E-state index contributed by atoms with van der Waals surface area (Å²) in [6, 6.07) is 5.61. The number of esters is 1. The predicted octanol–water partition coefficient (Wildman–Crippen LogP) is 4.11. The van der Waals surface area contributed by atoms with Gasteiger partial charge in [0.25, 0.3) is 5.69 Å². The zero-order chi connectivity index (χ0) is 15.0. The van der Waals surface area contributed by atoms with Gasteiger partial charge in [-0.3, -0.25) is 10.1 Å². The van der Waals surface area contributed by atoms with E-state index in [0.717, 1.165) is 19.3 Å². The van der Waals surface area contributed by atoms with E-state index in [1.165, 1.54) is 37.1 Å². The molecule has 0 radical (unpaired) electrons. The molecule has 0 saturated heterocycles. The summed E-state index contributed by atoms with van der Waals surface area (Å²) in [6.07, 6.45) is 5.17. The van der Waals surface area contributed by atoms with Crippen LogP contribution in [-0.4, -0.2) is 17.0 Å². The molecule has 0 aliphatic carbocycles. The first kappa shape index (κ1) is 16.1. The first-order valence-corrected chi connectivity index (χ1v) is 7.00. The quantitative estimate of drug-likeness (QED) is 0.311. The maximum atomic E-state index is 11.9. The summed E-state index contributed by atoms with van der Waals surface area (Å²) in [5.74, 6) is -0.503. The highest BCUT2D eigenvalue weighted by atomic mass is 16.6. The standard InChI is InChI=1S/C15H21NO4/c1-3-4-5-6-8-12(2)20-15(17)13-9-7-10-14(11-13)16(18)19/h7,9-12H,3-6,8H2,1-2H3/t12-/m1/s1. The zero-order valence-electron chi connectivity index (χ0n) is 12.0. The van der Waals surface area contributed by atoms with E-state index in [2.05, 4.69) is 6.92 Å². The maximum absolute atomic E-state index is 11.9. The Morgan fingerprint density at radius 3 is 2.75 bits per heavy atom. The largest absolute Gasteiger partial charge is 0.459 e. The lowest BCUT2D eigenvalue weighted by Crippen LogP contribution is -2.15. The number of ether oxygens (including phenoxy) is 1. The Morgan fingerprint density at radius 2 is 2.10 bits per heavy atom. The number of nitro benzene ring substituents is 1.